The first kappa shape index (κ1) is 23.2. The maximum Gasteiger partial charge on any atom is 0.260 e. The number of fused-ring (bicyclic) bond motifs is 2. The van der Waals surface area contributed by atoms with E-state index >= 15 is 0 Å². The van der Waals surface area contributed by atoms with Crippen molar-refractivity contribution >= 4 is 44.8 Å². The van der Waals surface area contributed by atoms with E-state index in [1.54, 1.807) is 48.5 Å². The average Bonchev–Trinajstić information content (AvgIpc) is 2.94. The molecule has 0 bridgehead atoms. The number of nitrogens with one attached hydrogen (secondary N) is 1. The number of likely N-dealkylation sites (N-methyl/N-ethyl adjacent to an activating group) is 1. The van der Waals surface area contributed by atoms with E-state index in [2.05, 4.69) is 20.2 Å². The summed E-state index contributed by atoms with van der Waals surface area (Å²) in [4.78, 5) is 27.8. The highest BCUT2D eigenvalue weighted by molar-refractivity contribution is 7.89. The van der Waals surface area contributed by atoms with E-state index in [0.29, 0.717) is 54.9 Å². The summed E-state index contributed by atoms with van der Waals surface area (Å²) in [6, 6.07) is 14.0. The predicted molar refractivity (Wildman–Crippen MR) is 135 cm³/mol. The molecule has 3 heterocycles. The molecule has 5 rings (SSSR count). The van der Waals surface area contributed by atoms with Crippen LogP contribution in [0.5, 0.6) is 0 Å². The van der Waals surface area contributed by atoms with Gasteiger partial charge in [0.05, 0.1) is 22.3 Å². The Morgan fingerprint density at radius 3 is 2.26 bits per heavy atom. The van der Waals surface area contributed by atoms with Crippen molar-refractivity contribution in [1.82, 2.24) is 19.2 Å². The van der Waals surface area contributed by atoms with Crippen LogP contribution in [0.25, 0.3) is 0 Å². The number of rotatable bonds is 4. The van der Waals surface area contributed by atoms with E-state index < -0.39 is 10.0 Å². The Labute approximate surface area is 204 Å². The number of carbonyl (C=O) groups excluding carboxylic acids is 1. The molecule has 1 amide bonds. The summed E-state index contributed by atoms with van der Waals surface area (Å²) < 4.78 is 27.5. The molecule has 1 aromatic heterocycles. The number of anilines is 5. The fraction of sp³-hybridized carbons (Fsp3) is 0.292. The molecule has 2 aliphatic heterocycles. The second kappa shape index (κ2) is 8.91. The minimum absolute atomic E-state index is 0.132. The maximum atomic E-state index is 13.0. The smallest absolute Gasteiger partial charge is 0.260 e. The zero-order chi connectivity index (χ0) is 24.7. The summed E-state index contributed by atoms with van der Waals surface area (Å²) >= 11 is 0. The van der Waals surface area contributed by atoms with Gasteiger partial charge < -0.3 is 20.0 Å². The molecule has 11 heteroatoms. The number of sulfonamides is 1. The number of benzene rings is 2. The number of para-hydroxylation sites is 1. The lowest BCUT2D eigenvalue weighted by Crippen LogP contribution is -2.46. The van der Waals surface area contributed by atoms with E-state index in [9.17, 15) is 13.2 Å². The van der Waals surface area contributed by atoms with Crippen LogP contribution in [0, 0.1) is 0 Å². The quantitative estimate of drug-likeness (QED) is 0.592. The largest absolute Gasteiger partial charge is 0.327 e. The first-order valence-corrected chi connectivity index (χ1v) is 12.7. The molecule has 0 spiro atoms. The van der Waals surface area contributed by atoms with Crippen molar-refractivity contribution in [2.24, 2.45) is 0 Å². The van der Waals surface area contributed by atoms with Crippen molar-refractivity contribution in [1.29, 1.82) is 0 Å². The Balaban J connectivity index is 1.39. The molecule has 0 atom stereocenters. The highest BCUT2D eigenvalue weighted by atomic mass is 32.2. The average molecular weight is 494 g/mol. The zero-order valence-electron chi connectivity index (χ0n) is 19.8. The normalized spacial score (nSPS) is 17.1. The number of carbonyl (C=O) groups is 1. The number of amides is 1. The summed E-state index contributed by atoms with van der Waals surface area (Å²) in [6.45, 7) is 2.40. The number of aromatic nitrogens is 2. The molecule has 0 radical (unpaired) electrons. The van der Waals surface area contributed by atoms with Crippen LogP contribution in [0.1, 0.15) is 10.4 Å². The van der Waals surface area contributed by atoms with Crippen LogP contribution in [-0.4, -0.2) is 80.8 Å². The van der Waals surface area contributed by atoms with Gasteiger partial charge in [0.25, 0.3) is 5.91 Å². The molecule has 1 saturated heterocycles. The van der Waals surface area contributed by atoms with Gasteiger partial charge >= 0.3 is 0 Å². The van der Waals surface area contributed by atoms with Gasteiger partial charge in [-0.1, -0.05) is 12.1 Å². The molecule has 1 N–H and O–H groups in total. The molecule has 3 aromatic rings. The van der Waals surface area contributed by atoms with Crippen molar-refractivity contribution in [3.05, 3.63) is 60.3 Å². The van der Waals surface area contributed by atoms with Gasteiger partial charge in [0.15, 0.2) is 5.82 Å². The zero-order valence-corrected chi connectivity index (χ0v) is 20.7. The summed E-state index contributed by atoms with van der Waals surface area (Å²) in [5.74, 6) is 0.788. The summed E-state index contributed by atoms with van der Waals surface area (Å²) in [7, 11) is 2.01. The van der Waals surface area contributed by atoms with Crippen LogP contribution in [0.3, 0.4) is 0 Å². The van der Waals surface area contributed by atoms with E-state index in [0.717, 1.165) is 5.69 Å². The molecular formula is C24H27N7O3S. The third-order valence-electron chi connectivity index (χ3n) is 6.44. The summed E-state index contributed by atoms with van der Waals surface area (Å²) in [5, 5.41) is 3.14. The molecule has 1 fully saturated rings. The Hall–Kier alpha value is -3.54. The van der Waals surface area contributed by atoms with Crippen molar-refractivity contribution in [2.45, 2.75) is 4.90 Å². The van der Waals surface area contributed by atoms with Gasteiger partial charge in [-0.25, -0.2) is 13.4 Å². The van der Waals surface area contributed by atoms with Crippen LogP contribution < -0.4 is 15.1 Å². The summed E-state index contributed by atoms with van der Waals surface area (Å²) in [5.41, 5.74) is 2.59. The van der Waals surface area contributed by atoms with Crippen LogP contribution >= 0.6 is 0 Å². The Morgan fingerprint density at radius 2 is 1.54 bits per heavy atom. The van der Waals surface area contributed by atoms with E-state index in [4.69, 9.17) is 0 Å². The fourth-order valence-electron chi connectivity index (χ4n) is 4.28. The number of hydrogen-bond donors (Lipinski definition) is 1. The van der Waals surface area contributed by atoms with Gasteiger partial charge in [-0.3, -0.25) is 4.79 Å². The molecule has 2 aliphatic rings. The number of piperazine rings is 1. The van der Waals surface area contributed by atoms with Gasteiger partial charge in [-0.15, -0.1) is 0 Å². The minimum atomic E-state index is -3.53. The molecular weight excluding hydrogens is 466 g/mol. The Kier molecular flexibility index (Phi) is 5.91. The molecule has 35 heavy (non-hydrogen) atoms. The van der Waals surface area contributed by atoms with E-state index in [-0.39, 0.29) is 10.8 Å². The van der Waals surface area contributed by atoms with Crippen LogP contribution in [-0.2, 0) is 10.0 Å². The third kappa shape index (κ3) is 4.22. The topological polar surface area (TPSA) is 102 Å². The molecule has 182 valence electrons. The lowest BCUT2D eigenvalue weighted by Gasteiger charge is -2.31. The first-order valence-electron chi connectivity index (χ1n) is 11.3. The van der Waals surface area contributed by atoms with Gasteiger partial charge in [0, 0.05) is 46.0 Å². The highest BCUT2D eigenvalue weighted by Gasteiger charge is 2.29. The van der Waals surface area contributed by atoms with Crippen LogP contribution in [0.15, 0.2) is 59.6 Å². The SMILES string of the molecule is CN1CCN(S(=O)(=O)c2ccc(Nc3ncc4c(n3)N(C)c3ccccc3C(=O)N4C)cc2)CC1. The van der Waals surface area contributed by atoms with Gasteiger partial charge in [-0.2, -0.15) is 9.29 Å². The minimum Gasteiger partial charge on any atom is -0.327 e. The standard InChI is InChI=1S/C24H27N7O3S/c1-28-12-14-31(15-13-28)35(33,34)18-10-8-17(9-11-18)26-24-25-16-21-22(27-24)29(2)20-7-5-4-6-19(20)23(32)30(21)3/h4-11,16H,12-15H2,1-3H3,(H,25,26,27). The maximum absolute atomic E-state index is 13.0. The van der Waals surface area contributed by atoms with E-state index in [1.165, 1.54) is 4.31 Å². The molecule has 0 unspecified atom stereocenters. The predicted octanol–water partition coefficient (Wildman–Crippen LogP) is 2.51. The first-order chi connectivity index (χ1) is 16.8. The lowest BCUT2D eigenvalue weighted by molar-refractivity contribution is 0.0994. The third-order valence-corrected chi connectivity index (χ3v) is 8.35. The van der Waals surface area contributed by atoms with Crippen molar-refractivity contribution < 1.29 is 13.2 Å². The van der Waals surface area contributed by atoms with Crippen molar-refractivity contribution in [2.75, 3.05) is 62.4 Å². The molecule has 2 aromatic carbocycles. The number of hydrogen-bond acceptors (Lipinski definition) is 8. The monoisotopic (exact) mass is 493 g/mol. The van der Waals surface area contributed by atoms with Crippen LogP contribution in [0.2, 0.25) is 0 Å². The van der Waals surface area contributed by atoms with Crippen LogP contribution in [0.4, 0.5) is 28.8 Å². The van der Waals surface area contributed by atoms with Gasteiger partial charge in [0.2, 0.25) is 16.0 Å². The van der Waals surface area contributed by atoms with Gasteiger partial charge in [-0.05, 0) is 43.4 Å². The fourth-order valence-corrected chi connectivity index (χ4v) is 5.70. The number of nitrogens with zero attached hydrogens (tertiary/aromatic N) is 6. The Bertz CT molecular complexity index is 1370. The van der Waals surface area contributed by atoms with E-state index in [1.807, 2.05) is 37.2 Å². The van der Waals surface area contributed by atoms with Gasteiger partial charge in [0.1, 0.15) is 5.69 Å². The Morgan fingerprint density at radius 1 is 0.857 bits per heavy atom. The second-order valence-electron chi connectivity index (χ2n) is 8.70. The van der Waals surface area contributed by atoms with Crippen molar-refractivity contribution in [3.8, 4) is 0 Å². The second-order valence-corrected chi connectivity index (χ2v) is 10.6. The molecule has 0 aliphatic carbocycles. The summed E-state index contributed by atoms with van der Waals surface area (Å²) in [6.07, 6.45) is 1.61. The molecule has 10 nitrogen and oxygen atoms in total. The van der Waals surface area contributed by atoms with Crippen molar-refractivity contribution in [3.63, 3.8) is 0 Å². The lowest BCUT2D eigenvalue weighted by atomic mass is 10.1. The highest BCUT2D eigenvalue weighted by Crippen LogP contribution is 2.38. The molecule has 0 saturated carbocycles.